The minimum absolute atomic E-state index is 0.0145. The van der Waals surface area contributed by atoms with E-state index in [1.807, 2.05) is 16.3 Å². The Balaban J connectivity index is 1.76. The summed E-state index contributed by atoms with van der Waals surface area (Å²) in [6, 6.07) is 0. The Kier molecular flexibility index (Phi) is 4.44. The summed E-state index contributed by atoms with van der Waals surface area (Å²) in [5.41, 5.74) is 0. The molecule has 0 saturated carbocycles. The number of aromatic nitrogens is 3. The quantitative estimate of drug-likeness (QED) is 0.779. The largest absolute Gasteiger partial charge is 0.307 e. The molecule has 3 heterocycles. The Bertz CT molecular complexity index is 699. The van der Waals surface area contributed by atoms with Crippen LogP contribution in [0.5, 0.6) is 0 Å². The summed E-state index contributed by atoms with van der Waals surface area (Å²) >= 11 is 5.49. The summed E-state index contributed by atoms with van der Waals surface area (Å²) in [4.78, 5) is 2.37. The Hall–Kier alpha value is -0.730. The van der Waals surface area contributed by atoms with Crippen molar-refractivity contribution in [3.05, 3.63) is 10.6 Å². The molecule has 0 aliphatic carbocycles. The zero-order chi connectivity index (χ0) is 15.9. The Morgan fingerprint density at radius 1 is 1.27 bits per heavy atom. The first-order valence-electron chi connectivity index (χ1n) is 7.92. The van der Waals surface area contributed by atoms with E-state index in [-0.39, 0.29) is 17.4 Å². The second-order valence-electron chi connectivity index (χ2n) is 6.74. The first kappa shape index (κ1) is 16.1. The highest BCUT2D eigenvalue weighted by Crippen LogP contribution is 2.27. The zero-order valence-corrected chi connectivity index (χ0v) is 14.9. The maximum Gasteiger partial charge on any atom is 0.198 e. The van der Waals surface area contributed by atoms with E-state index in [0.717, 1.165) is 24.8 Å². The lowest BCUT2D eigenvalue weighted by atomic mass is 10.00. The second kappa shape index (κ2) is 6.05. The van der Waals surface area contributed by atoms with Crippen molar-refractivity contribution in [3.63, 3.8) is 0 Å². The monoisotopic (exact) mass is 344 g/mol. The number of sulfone groups is 1. The Morgan fingerprint density at radius 2 is 1.95 bits per heavy atom. The lowest BCUT2D eigenvalue weighted by molar-refractivity contribution is 0.145. The van der Waals surface area contributed by atoms with Crippen LogP contribution < -0.4 is 0 Å². The van der Waals surface area contributed by atoms with Gasteiger partial charge in [0.2, 0.25) is 0 Å². The van der Waals surface area contributed by atoms with Crippen molar-refractivity contribution in [3.8, 4) is 0 Å². The van der Waals surface area contributed by atoms with Crippen LogP contribution in [0.4, 0.5) is 0 Å². The van der Waals surface area contributed by atoms with Crippen molar-refractivity contribution < 1.29 is 8.42 Å². The molecule has 22 heavy (non-hydrogen) atoms. The van der Waals surface area contributed by atoms with Gasteiger partial charge < -0.3 is 4.57 Å². The van der Waals surface area contributed by atoms with Gasteiger partial charge in [0.15, 0.2) is 14.6 Å². The average molecular weight is 345 g/mol. The third kappa shape index (κ3) is 3.28. The van der Waals surface area contributed by atoms with Gasteiger partial charge in [0.25, 0.3) is 0 Å². The van der Waals surface area contributed by atoms with Crippen molar-refractivity contribution in [2.75, 3.05) is 24.6 Å². The first-order chi connectivity index (χ1) is 10.4. The summed E-state index contributed by atoms with van der Waals surface area (Å²) in [6.45, 7) is 5.15. The Morgan fingerprint density at radius 3 is 2.55 bits per heavy atom. The molecule has 2 aliphatic heterocycles. The SMILES string of the molecule is CC1CCN(Cn2nc([C@@H]3CCS(=O)(=O)C3)n(C)c2=S)CC1. The number of likely N-dealkylation sites (tertiary alicyclic amines) is 1. The molecular formula is C14H24N4O2S2. The minimum atomic E-state index is -2.90. The fourth-order valence-corrected chi connectivity index (χ4v) is 5.28. The van der Waals surface area contributed by atoms with E-state index in [1.165, 1.54) is 12.8 Å². The summed E-state index contributed by atoms with van der Waals surface area (Å²) in [7, 11) is -1.01. The van der Waals surface area contributed by atoms with Crippen molar-refractivity contribution in [2.24, 2.45) is 13.0 Å². The maximum atomic E-state index is 11.7. The second-order valence-corrected chi connectivity index (χ2v) is 9.34. The molecule has 0 amide bonds. The number of hydrogen-bond acceptors (Lipinski definition) is 5. The lowest BCUT2D eigenvalue weighted by Gasteiger charge is -2.29. The molecule has 1 aromatic rings. The molecule has 2 saturated heterocycles. The van der Waals surface area contributed by atoms with E-state index in [4.69, 9.17) is 12.2 Å². The predicted octanol–water partition coefficient (Wildman–Crippen LogP) is 1.54. The number of nitrogens with zero attached hydrogens (tertiary/aromatic N) is 4. The maximum absolute atomic E-state index is 11.7. The molecule has 2 fully saturated rings. The standard InChI is InChI=1S/C14H24N4O2S2/c1-11-3-6-17(7-4-11)10-18-14(21)16(2)13(15-18)12-5-8-22(19,20)9-12/h11-12H,3-10H2,1-2H3/t12-/m1/s1. The summed E-state index contributed by atoms with van der Waals surface area (Å²) < 4.78 is 27.8. The van der Waals surface area contributed by atoms with Crippen LogP contribution in [0.2, 0.25) is 0 Å². The van der Waals surface area contributed by atoms with Gasteiger partial charge in [0.05, 0.1) is 18.2 Å². The zero-order valence-electron chi connectivity index (χ0n) is 13.2. The van der Waals surface area contributed by atoms with Crippen LogP contribution in [0.25, 0.3) is 0 Å². The van der Waals surface area contributed by atoms with Crippen molar-refractivity contribution in [1.82, 2.24) is 19.2 Å². The Labute approximate surface area is 137 Å². The van der Waals surface area contributed by atoms with E-state index in [9.17, 15) is 8.42 Å². The predicted molar refractivity (Wildman–Crippen MR) is 88.0 cm³/mol. The van der Waals surface area contributed by atoms with E-state index in [2.05, 4.69) is 16.9 Å². The minimum Gasteiger partial charge on any atom is -0.307 e. The molecule has 1 aromatic heterocycles. The van der Waals surface area contributed by atoms with Crippen LogP contribution in [0.3, 0.4) is 0 Å². The molecule has 2 aliphatic rings. The van der Waals surface area contributed by atoms with Crippen molar-refractivity contribution in [1.29, 1.82) is 0 Å². The topological polar surface area (TPSA) is 60.1 Å². The molecule has 0 N–H and O–H groups in total. The van der Waals surface area contributed by atoms with Gasteiger partial charge in [-0.15, -0.1) is 0 Å². The number of rotatable bonds is 3. The van der Waals surface area contributed by atoms with Crippen LogP contribution >= 0.6 is 12.2 Å². The molecular weight excluding hydrogens is 320 g/mol. The highest BCUT2D eigenvalue weighted by molar-refractivity contribution is 7.91. The van der Waals surface area contributed by atoms with Crippen LogP contribution in [0.15, 0.2) is 0 Å². The smallest absolute Gasteiger partial charge is 0.198 e. The highest BCUT2D eigenvalue weighted by atomic mass is 32.2. The van der Waals surface area contributed by atoms with Crippen LogP contribution in [-0.4, -0.2) is 52.3 Å². The molecule has 6 nitrogen and oxygen atoms in total. The van der Waals surface area contributed by atoms with E-state index >= 15 is 0 Å². The molecule has 1 atom stereocenters. The van der Waals surface area contributed by atoms with Gasteiger partial charge in [-0.3, -0.25) is 4.90 Å². The van der Waals surface area contributed by atoms with Gasteiger partial charge in [-0.25, -0.2) is 13.1 Å². The number of hydrogen-bond donors (Lipinski definition) is 0. The molecule has 0 spiro atoms. The third-order valence-electron chi connectivity index (χ3n) is 4.88. The van der Waals surface area contributed by atoms with E-state index in [1.54, 1.807) is 0 Å². The average Bonchev–Trinajstić information content (AvgIpc) is 2.96. The fraction of sp³-hybridized carbons (Fsp3) is 0.857. The van der Waals surface area contributed by atoms with E-state index < -0.39 is 9.84 Å². The molecule has 124 valence electrons. The molecule has 0 radical (unpaired) electrons. The van der Waals surface area contributed by atoms with Crippen LogP contribution in [0, 0.1) is 10.7 Å². The van der Waals surface area contributed by atoms with Crippen molar-refractivity contribution in [2.45, 2.75) is 38.8 Å². The lowest BCUT2D eigenvalue weighted by Crippen LogP contribution is -2.34. The van der Waals surface area contributed by atoms with Gasteiger partial charge >= 0.3 is 0 Å². The first-order valence-corrected chi connectivity index (χ1v) is 10.1. The normalized spacial score (nSPS) is 26.5. The van der Waals surface area contributed by atoms with Crippen LogP contribution in [-0.2, 0) is 23.6 Å². The molecule has 0 bridgehead atoms. The van der Waals surface area contributed by atoms with Crippen LogP contribution in [0.1, 0.15) is 37.9 Å². The fourth-order valence-electron chi connectivity index (χ4n) is 3.34. The van der Waals surface area contributed by atoms with Gasteiger partial charge in [-0.2, -0.15) is 5.10 Å². The molecule has 0 aromatic carbocycles. The number of piperidine rings is 1. The highest BCUT2D eigenvalue weighted by Gasteiger charge is 2.32. The van der Waals surface area contributed by atoms with Gasteiger partial charge in [0.1, 0.15) is 5.82 Å². The molecule has 0 unspecified atom stereocenters. The molecule has 8 heteroatoms. The van der Waals surface area contributed by atoms with Gasteiger partial charge in [0, 0.05) is 26.1 Å². The van der Waals surface area contributed by atoms with E-state index in [0.29, 0.717) is 17.9 Å². The summed E-state index contributed by atoms with van der Waals surface area (Å²) in [5, 5.41) is 4.64. The van der Waals surface area contributed by atoms with Crippen molar-refractivity contribution >= 4 is 22.1 Å². The summed E-state index contributed by atoms with van der Waals surface area (Å²) in [5.74, 6) is 2.07. The third-order valence-corrected chi connectivity index (χ3v) is 7.13. The van der Waals surface area contributed by atoms with Gasteiger partial charge in [-0.1, -0.05) is 6.92 Å². The molecule has 3 rings (SSSR count). The van der Waals surface area contributed by atoms with Gasteiger partial charge in [-0.05, 0) is 37.4 Å². The summed E-state index contributed by atoms with van der Waals surface area (Å²) in [6.07, 6.45) is 3.09.